The van der Waals surface area contributed by atoms with Crippen LogP contribution in [0.2, 0.25) is 0 Å². The average Bonchev–Trinajstić information content (AvgIpc) is 3.13. The number of carbonyl (C=O) groups excluding carboxylic acids is 2. The first kappa shape index (κ1) is 19.6. The van der Waals surface area contributed by atoms with Gasteiger partial charge in [-0.25, -0.2) is 4.79 Å². The Morgan fingerprint density at radius 2 is 1.92 bits per heavy atom. The number of anilines is 1. The number of esters is 2. The molecule has 0 aliphatic carbocycles. The Labute approximate surface area is 154 Å². The number of methoxy groups -OCH3 is 1. The Kier molecular flexibility index (Phi) is 7.62. The molecule has 1 aromatic carbocycles. The minimum Gasteiger partial charge on any atom is -0.469 e. The zero-order chi connectivity index (χ0) is 18.2. The number of nitrogens with zero attached hydrogens (tertiary/aromatic N) is 1. The van der Waals surface area contributed by atoms with Gasteiger partial charge in [0.05, 0.1) is 25.7 Å². The second-order valence-corrected chi connectivity index (χ2v) is 7.74. The van der Waals surface area contributed by atoms with E-state index in [0.29, 0.717) is 30.3 Å². The summed E-state index contributed by atoms with van der Waals surface area (Å²) in [7, 11) is 1.39. The van der Waals surface area contributed by atoms with Crippen LogP contribution in [0.5, 0.6) is 0 Å². The van der Waals surface area contributed by atoms with Crippen LogP contribution in [0.1, 0.15) is 43.5 Å². The predicted octanol–water partition coefficient (Wildman–Crippen LogP) is 3.75. The van der Waals surface area contributed by atoms with Gasteiger partial charge in [0.1, 0.15) is 0 Å². The van der Waals surface area contributed by atoms with Crippen LogP contribution in [0.4, 0.5) is 5.69 Å². The lowest BCUT2D eigenvalue weighted by Crippen LogP contribution is -2.18. The molecule has 5 nitrogen and oxygen atoms in total. The summed E-state index contributed by atoms with van der Waals surface area (Å²) in [6, 6.07) is 5.86. The summed E-state index contributed by atoms with van der Waals surface area (Å²) in [4.78, 5) is 26.9. The summed E-state index contributed by atoms with van der Waals surface area (Å²) in [6.45, 7) is 6.47. The Morgan fingerprint density at radius 1 is 1.20 bits per heavy atom. The number of thioether (sulfide) groups is 1. The second-order valence-electron chi connectivity index (χ2n) is 6.58. The summed E-state index contributed by atoms with van der Waals surface area (Å²) < 4.78 is 10.1. The van der Waals surface area contributed by atoms with Crippen LogP contribution < -0.4 is 4.90 Å². The highest BCUT2D eigenvalue weighted by molar-refractivity contribution is 7.99. The fourth-order valence-corrected chi connectivity index (χ4v) is 3.54. The summed E-state index contributed by atoms with van der Waals surface area (Å²) >= 11 is 1.56. The van der Waals surface area contributed by atoms with Gasteiger partial charge < -0.3 is 14.4 Å². The third-order valence-electron chi connectivity index (χ3n) is 3.95. The van der Waals surface area contributed by atoms with Crippen molar-refractivity contribution >= 4 is 29.4 Å². The van der Waals surface area contributed by atoms with Gasteiger partial charge in [0, 0.05) is 29.4 Å². The van der Waals surface area contributed by atoms with Crippen molar-refractivity contribution in [3.63, 3.8) is 0 Å². The number of hydrogen-bond acceptors (Lipinski definition) is 6. The van der Waals surface area contributed by atoms with Crippen LogP contribution in [0.25, 0.3) is 0 Å². The molecular weight excluding hydrogens is 338 g/mol. The van der Waals surface area contributed by atoms with Crippen molar-refractivity contribution < 1.29 is 19.1 Å². The minimum atomic E-state index is -0.287. The molecule has 1 fully saturated rings. The van der Waals surface area contributed by atoms with Crippen molar-refractivity contribution in [3.05, 3.63) is 23.8 Å². The molecule has 0 saturated carbocycles. The first-order chi connectivity index (χ1) is 12.0. The zero-order valence-electron chi connectivity index (χ0n) is 15.2. The van der Waals surface area contributed by atoms with Crippen molar-refractivity contribution in [1.29, 1.82) is 0 Å². The highest BCUT2D eigenvalue weighted by atomic mass is 32.2. The largest absolute Gasteiger partial charge is 0.469 e. The van der Waals surface area contributed by atoms with E-state index in [4.69, 9.17) is 4.74 Å². The van der Waals surface area contributed by atoms with E-state index in [2.05, 4.69) is 15.7 Å². The normalized spacial score (nSPS) is 14.0. The molecule has 0 N–H and O–H groups in total. The molecule has 0 bridgehead atoms. The molecule has 2 rings (SSSR count). The summed E-state index contributed by atoms with van der Waals surface area (Å²) in [5.74, 6) is 0.417. The van der Waals surface area contributed by atoms with E-state index < -0.39 is 0 Å². The molecule has 0 radical (unpaired) electrons. The number of carbonyl (C=O) groups is 2. The fraction of sp³-hybridized carbons (Fsp3) is 0.579. The van der Waals surface area contributed by atoms with E-state index >= 15 is 0 Å². The lowest BCUT2D eigenvalue weighted by Gasteiger charge is -2.19. The predicted molar refractivity (Wildman–Crippen MR) is 100 cm³/mol. The Morgan fingerprint density at radius 3 is 2.56 bits per heavy atom. The molecule has 25 heavy (non-hydrogen) atoms. The van der Waals surface area contributed by atoms with Crippen LogP contribution in [-0.4, -0.2) is 44.5 Å². The fourth-order valence-electron chi connectivity index (χ4n) is 2.62. The maximum absolute atomic E-state index is 12.4. The minimum absolute atomic E-state index is 0.222. The van der Waals surface area contributed by atoms with Crippen LogP contribution >= 0.6 is 11.8 Å². The molecule has 0 amide bonds. The van der Waals surface area contributed by atoms with E-state index in [1.165, 1.54) is 20.0 Å². The first-order valence-electron chi connectivity index (χ1n) is 8.76. The molecule has 0 aromatic heterocycles. The highest BCUT2D eigenvalue weighted by Crippen LogP contribution is 2.29. The zero-order valence-corrected chi connectivity index (χ0v) is 16.1. The first-order valence-corrected chi connectivity index (χ1v) is 9.75. The van der Waals surface area contributed by atoms with E-state index in [-0.39, 0.29) is 11.9 Å². The lowest BCUT2D eigenvalue weighted by molar-refractivity contribution is -0.140. The number of hydrogen-bond donors (Lipinski definition) is 0. The lowest BCUT2D eigenvalue weighted by atomic mass is 10.2. The molecule has 0 atom stereocenters. The van der Waals surface area contributed by atoms with Gasteiger partial charge in [0.2, 0.25) is 0 Å². The van der Waals surface area contributed by atoms with Gasteiger partial charge in [-0.15, -0.1) is 11.8 Å². The molecule has 138 valence electrons. The van der Waals surface area contributed by atoms with Crippen LogP contribution in [0.15, 0.2) is 23.1 Å². The third kappa shape index (κ3) is 6.27. The summed E-state index contributed by atoms with van der Waals surface area (Å²) in [5.41, 5.74) is 1.63. The Bertz CT molecular complexity index is 597. The monoisotopic (exact) mass is 365 g/mol. The number of ether oxygens (including phenoxy) is 2. The standard InChI is InChI=1S/C19H27NO4S/c1-14(2)13-24-19(22)15-10-16(20-7-4-5-8-20)12-17(11-15)25-9-6-18(21)23-3/h10-12,14H,4-9,13H2,1-3H3. The van der Waals surface area contributed by atoms with E-state index in [1.807, 2.05) is 26.0 Å². The van der Waals surface area contributed by atoms with Gasteiger partial charge in [-0.1, -0.05) is 13.8 Å². The number of benzene rings is 1. The van der Waals surface area contributed by atoms with Gasteiger partial charge in [-0.2, -0.15) is 0 Å². The SMILES string of the molecule is COC(=O)CCSc1cc(C(=O)OCC(C)C)cc(N2CCCC2)c1. The molecule has 0 unspecified atom stereocenters. The quantitative estimate of drug-likeness (QED) is 0.516. The van der Waals surface area contributed by atoms with E-state index in [1.54, 1.807) is 11.8 Å². The van der Waals surface area contributed by atoms with Crippen molar-refractivity contribution in [2.75, 3.05) is 37.5 Å². The molecular formula is C19H27NO4S. The molecule has 6 heteroatoms. The third-order valence-corrected chi connectivity index (χ3v) is 4.93. The smallest absolute Gasteiger partial charge is 0.338 e. The van der Waals surface area contributed by atoms with Crippen molar-refractivity contribution in [2.45, 2.75) is 38.0 Å². The molecule has 1 aliphatic rings. The molecule has 1 aromatic rings. The van der Waals surface area contributed by atoms with Gasteiger partial charge in [-0.3, -0.25) is 4.79 Å². The Balaban J connectivity index is 2.13. The van der Waals surface area contributed by atoms with Crippen molar-refractivity contribution in [3.8, 4) is 0 Å². The second kappa shape index (κ2) is 9.70. The Hall–Kier alpha value is -1.69. The van der Waals surface area contributed by atoms with E-state index in [9.17, 15) is 9.59 Å². The molecule has 0 spiro atoms. The summed E-state index contributed by atoms with van der Waals surface area (Å²) in [5, 5.41) is 0. The average molecular weight is 365 g/mol. The van der Waals surface area contributed by atoms with Crippen molar-refractivity contribution in [1.82, 2.24) is 0 Å². The summed E-state index contributed by atoms with van der Waals surface area (Å²) in [6.07, 6.45) is 2.70. The van der Waals surface area contributed by atoms with Crippen LogP contribution in [-0.2, 0) is 14.3 Å². The molecule has 1 heterocycles. The molecule has 1 aliphatic heterocycles. The van der Waals surface area contributed by atoms with Gasteiger partial charge >= 0.3 is 11.9 Å². The topological polar surface area (TPSA) is 55.8 Å². The maximum atomic E-state index is 12.4. The maximum Gasteiger partial charge on any atom is 0.338 e. The van der Waals surface area contributed by atoms with Gasteiger partial charge in [0.15, 0.2) is 0 Å². The van der Waals surface area contributed by atoms with Crippen LogP contribution in [0.3, 0.4) is 0 Å². The van der Waals surface area contributed by atoms with Gasteiger partial charge in [0.25, 0.3) is 0 Å². The van der Waals surface area contributed by atoms with Crippen molar-refractivity contribution in [2.24, 2.45) is 5.92 Å². The number of rotatable bonds is 8. The van der Waals surface area contributed by atoms with E-state index in [0.717, 1.165) is 23.7 Å². The van der Waals surface area contributed by atoms with Crippen LogP contribution in [0, 0.1) is 5.92 Å². The van der Waals surface area contributed by atoms with Gasteiger partial charge in [-0.05, 0) is 37.0 Å². The molecule has 1 saturated heterocycles. The highest BCUT2D eigenvalue weighted by Gasteiger charge is 2.17.